The molecule has 3 aliphatic rings. The summed E-state index contributed by atoms with van der Waals surface area (Å²) in [5.41, 5.74) is 4.53. The number of morpholine rings is 1. The number of carbonyl (C=O) groups is 2. The summed E-state index contributed by atoms with van der Waals surface area (Å²) in [5, 5.41) is 15.8. The summed E-state index contributed by atoms with van der Waals surface area (Å²) in [6, 6.07) is 9.64. The number of hydrogen-bond donors (Lipinski definition) is 3. The smallest absolute Gasteiger partial charge is 0.349 e. The predicted octanol–water partition coefficient (Wildman–Crippen LogP) is 2.06. The van der Waals surface area contributed by atoms with Crippen molar-refractivity contribution in [2.75, 3.05) is 61.1 Å². The van der Waals surface area contributed by atoms with Gasteiger partial charge in [-0.15, -0.1) is 0 Å². The molecule has 2 amide bonds. The van der Waals surface area contributed by atoms with E-state index in [1.165, 1.54) is 17.3 Å². The highest BCUT2D eigenvalue weighted by molar-refractivity contribution is 6.02. The third-order valence-corrected chi connectivity index (χ3v) is 7.78. The lowest BCUT2D eigenvalue weighted by molar-refractivity contribution is -0.118. The molecule has 3 aliphatic heterocycles. The Morgan fingerprint density at radius 3 is 2.46 bits per heavy atom. The number of anilines is 3. The number of ether oxygens (including phenoxy) is 1. The number of hydrogen-bond acceptors (Lipinski definition) is 8. The number of nitrogens with zero attached hydrogens (tertiary/aromatic N) is 2. The molecule has 0 unspecified atom stereocenters. The number of aryl methyl sites for hydroxylation is 2. The first-order chi connectivity index (χ1) is 19.0. The summed E-state index contributed by atoms with van der Waals surface area (Å²) in [4.78, 5) is 43.4. The Bertz CT molecular complexity index is 1460. The molecule has 0 saturated carbocycles. The molecule has 4 heterocycles. The van der Waals surface area contributed by atoms with Crippen molar-refractivity contribution in [3.05, 3.63) is 63.5 Å². The van der Waals surface area contributed by atoms with Gasteiger partial charge in [0.1, 0.15) is 17.2 Å². The first kappa shape index (κ1) is 25.4. The summed E-state index contributed by atoms with van der Waals surface area (Å²) >= 11 is 0. The number of aliphatic hydroxyl groups is 1. The Kier molecular flexibility index (Phi) is 6.97. The molecule has 39 heavy (non-hydrogen) atoms. The van der Waals surface area contributed by atoms with Crippen molar-refractivity contribution in [2.45, 2.75) is 31.7 Å². The first-order valence-electron chi connectivity index (χ1n) is 13.5. The fourth-order valence-electron chi connectivity index (χ4n) is 5.84. The van der Waals surface area contributed by atoms with Gasteiger partial charge in [0.2, 0.25) is 5.91 Å². The monoisotopic (exact) mass is 532 g/mol. The molecule has 0 aliphatic carbocycles. The molecule has 3 N–H and O–H groups in total. The van der Waals surface area contributed by atoms with Crippen LogP contribution in [0.3, 0.4) is 0 Å². The molecule has 2 aromatic carbocycles. The zero-order valence-electron chi connectivity index (χ0n) is 21.7. The summed E-state index contributed by atoms with van der Waals surface area (Å²) in [6.45, 7) is 4.32. The Morgan fingerprint density at radius 1 is 0.974 bits per heavy atom. The Labute approximate surface area is 225 Å². The summed E-state index contributed by atoms with van der Waals surface area (Å²) in [6.07, 6.45) is 3.81. The van der Waals surface area contributed by atoms with Gasteiger partial charge >= 0.3 is 5.63 Å². The summed E-state index contributed by atoms with van der Waals surface area (Å²) < 4.78 is 11.1. The second kappa shape index (κ2) is 10.7. The van der Waals surface area contributed by atoms with Crippen LogP contribution in [0, 0.1) is 0 Å². The molecule has 0 radical (unpaired) electrons. The molecule has 6 rings (SSSR count). The van der Waals surface area contributed by atoms with E-state index < -0.39 is 30.1 Å². The molecule has 1 saturated heterocycles. The van der Waals surface area contributed by atoms with Crippen molar-refractivity contribution in [3.8, 4) is 0 Å². The number of fused-ring (bicyclic) bond motifs is 2. The van der Waals surface area contributed by atoms with Crippen LogP contribution in [0.5, 0.6) is 0 Å². The van der Waals surface area contributed by atoms with Crippen molar-refractivity contribution in [3.63, 3.8) is 0 Å². The number of aliphatic hydroxyl groups excluding tert-OH is 1. The van der Waals surface area contributed by atoms with Gasteiger partial charge in [-0.2, -0.15) is 0 Å². The van der Waals surface area contributed by atoms with E-state index in [1.807, 2.05) is 18.2 Å². The van der Waals surface area contributed by atoms with Crippen LogP contribution in [0.1, 0.15) is 34.3 Å². The maximum atomic E-state index is 13.1. The van der Waals surface area contributed by atoms with E-state index in [9.17, 15) is 19.5 Å². The fourth-order valence-corrected chi connectivity index (χ4v) is 5.84. The van der Waals surface area contributed by atoms with Crippen molar-refractivity contribution < 1.29 is 23.8 Å². The highest BCUT2D eigenvalue weighted by Gasteiger charge is 2.28. The van der Waals surface area contributed by atoms with Gasteiger partial charge in [-0.05, 0) is 67.6 Å². The highest BCUT2D eigenvalue weighted by Crippen LogP contribution is 2.39. The minimum absolute atomic E-state index is 0.195. The number of rotatable bonds is 6. The lowest BCUT2D eigenvalue weighted by Gasteiger charge is -2.37. The molecule has 0 spiro atoms. The van der Waals surface area contributed by atoms with Crippen LogP contribution in [0.4, 0.5) is 17.1 Å². The van der Waals surface area contributed by atoms with Gasteiger partial charge in [-0.1, -0.05) is 0 Å². The van der Waals surface area contributed by atoms with Gasteiger partial charge < -0.3 is 34.7 Å². The quantitative estimate of drug-likeness (QED) is 0.412. The van der Waals surface area contributed by atoms with Gasteiger partial charge in [0.05, 0.1) is 19.8 Å². The first-order valence-corrected chi connectivity index (χ1v) is 13.5. The average molecular weight is 533 g/mol. The van der Waals surface area contributed by atoms with Gasteiger partial charge in [0.25, 0.3) is 5.91 Å². The third kappa shape index (κ3) is 4.97. The van der Waals surface area contributed by atoms with Gasteiger partial charge in [-0.25, -0.2) is 4.79 Å². The normalized spacial score (nSPS) is 17.5. The van der Waals surface area contributed by atoms with Crippen LogP contribution >= 0.6 is 0 Å². The van der Waals surface area contributed by atoms with Crippen LogP contribution < -0.4 is 26.1 Å². The molecule has 204 valence electrons. The molecule has 1 atom stereocenters. The molecule has 1 fully saturated rings. The number of carbonyl (C=O) groups excluding carboxylic acids is 2. The van der Waals surface area contributed by atoms with Crippen LogP contribution in [0.15, 0.2) is 45.6 Å². The summed E-state index contributed by atoms with van der Waals surface area (Å²) in [7, 11) is 0. The molecule has 10 heteroatoms. The Morgan fingerprint density at radius 2 is 1.72 bits per heavy atom. The molecule has 10 nitrogen and oxygen atoms in total. The lowest BCUT2D eigenvalue weighted by Crippen LogP contribution is -2.47. The van der Waals surface area contributed by atoms with Crippen molar-refractivity contribution in [1.82, 2.24) is 5.32 Å². The van der Waals surface area contributed by atoms with E-state index in [0.717, 1.165) is 63.1 Å². The Balaban J connectivity index is 1.18. The molecule has 1 aromatic heterocycles. The largest absolute Gasteiger partial charge is 0.422 e. The average Bonchev–Trinajstić information content (AvgIpc) is 2.97. The minimum Gasteiger partial charge on any atom is -0.422 e. The lowest BCUT2D eigenvalue weighted by atomic mass is 9.90. The van der Waals surface area contributed by atoms with E-state index >= 15 is 0 Å². The topological polar surface area (TPSA) is 124 Å². The molecular weight excluding hydrogens is 500 g/mol. The Hall–Kier alpha value is -3.89. The van der Waals surface area contributed by atoms with E-state index in [1.54, 1.807) is 12.1 Å². The molecule has 0 bridgehead atoms. The standard InChI is InChI=1S/C29H32N4O6/c34-17-24(28(36)30-20-5-7-21(8-6-20)32-11-13-38-14-12-32)31-27(35)23-16-19-15-18-3-1-9-33-10-2-4-22(25(18)33)26(19)39-29(23)37/h5-8,15-16,24,34H,1-4,9-14,17H2,(H,30,36)(H,31,35)/t24-/m0/s1. The van der Waals surface area contributed by atoms with Crippen molar-refractivity contribution >= 4 is 39.8 Å². The van der Waals surface area contributed by atoms with Gasteiger partial charge in [0.15, 0.2) is 0 Å². The second-order valence-electron chi connectivity index (χ2n) is 10.3. The number of amides is 2. The maximum absolute atomic E-state index is 13.1. The SMILES string of the molecule is O=C(N[C@@H](CO)C(=O)Nc1ccc(N2CCOCC2)cc1)c1cc2cc3c4c(c2oc1=O)CCCN4CCC3. The number of benzene rings is 2. The van der Waals surface area contributed by atoms with E-state index in [2.05, 4.69) is 20.4 Å². The second-order valence-corrected chi connectivity index (χ2v) is 10.3. The van der Waals surface area contributed by atoms with Crippen LogP contribution in [-0.2, 0) is 22.4 Å². The van der Waals surface area contributed by atoms with E-state index in [-0.39, 0.29) is 5.56 Å². The van der Waals surface area contributed by atoms with Crippen LogP contribution in [0.25, 0.3) is 11.0 Å². The maximum Gasteiger partial charge on any atom is 0.349 e. The zero-order valence-corrected chi connectivity index (χ0v) is 21.7. The fraction of sp³-hybridized carbons (Fsp3) is 0.414. The van der Waals surface area contributed by atoms with Gasteiger partial charge in [0, 0.05) is 54.2 Å². The van der Waals surface area contributed by atoms with Gasteiger partial charge in [-0.3, -0.25) is 9.59 Å². The minimum atomic E-state index is -1.25. The van der Waals surface area contributed by atoms with Crippen LogP contribution in [-0.4, -0.2) is 69.0 Å². The third-order valence-electron chi connectivity index (χ3n) is 7.78. The molecular formula is C29H32N4O6. The van der Waals surface area contributed by atoms with Crippen molar-refractivity contribution in [1.29, 1.82) is 0 Å². The highest BCUT2D eigenvalue weighted by atomic mass is 16.5. The van der Waals surface area contributed by atoms with Crippen LogP contribution in [0.2, 0.25) is 0 Å². The summed E-state index contributed by atoms with van der Waals surface area (Å²) in [5.74, 6) is -1.36. The predicted molar refractivity (Wildman–Crippen MR) is 148 cm³/mol. The van der Waals surface area contributed by atoms with Crippen molar-refractivity contribution in [2.24, 2.45) is 0 Å². The van der Waals surface area contributed by atoms with E-state index in [0.29, 0.717) is 29.9 Å². The number of nitrogens with one attached hydrogen (secondary N) is 2. The molecule has 3 aromatic rings. The van der Waals surface area contributed by atoms with E-state index in [4.69, 9.17) is 9.15 Å². The zero-order chi connectivity index (χ0) is 26.9.